The van der Waals surface area contributed by atoms with Gasteiger partial charge < -0.3 is 0 Å². The zero-order chi connectivity index (χ0) is 24.0. The fraction of sp³-hybridized carbons (Fsp3) is 0.562. The van der Waals surface area contributed by atoms with Gasteiger partial charge in [-0.3, -0.25) is 4.79 Å². The van der Waals surface area contributed by atoms with E-state index in [0.29, 0.717) is 18.1 Å². The van der Waals surface area contributed by atoms with Gasteiger partial charge in [0.2, 0.25) is 0 Å². The van der Waals surface area contributed by atoms with Gasteiger partial charge in [0, 0.05) is 12.3 Å². The minimum atomic E-state index is -0.289. The lowest BCUT2D eigenvalue weighted by molar-refractivity contribution is -0.128. The van der Waals surface area contributed by atoms with Crippen LogP contribution in [0.2, 0.25) is 0 Å². The SMILES string of the molecule is CCCCc1ccc(-c2ccc(C3CCC(C#N)(C4CC[C@@H](CCC)C(=O)C4)CC3)cc2)cc1. The van der Waals surface area contributed by atoms with Gasteiger partial charge in [-0.15, -0.1) is 0 Å². The lowest BCUT2D eigenvalue weighted by Gasteiger charge is -2.43. The number of carbonyl (C=O) groups is 1. The predicted molar refractivity (Wildman–Crippen MR) is 140 cm³/mol. The molecule has 0 N–H and O–H groups in total. The summed E-state index contributed by atoms with van der Waals surface area (Å²) in [5.41, 5.74) is 5.09. The normalized spacial score (nSPS) is 27.3. The predicted octanol–water partition coefficient (Wildman–Crippen LogP) is 8.65. The summed E-state index contributed by atoms with van der Waals surface area (Å²) < 4.78 is 0. The average Bonchev–Trinajstić information content (AvgIpc) is 2.89. The van der Waals surface area contributed by atoms with E-state index in [2.05, 4.69) is 68.4 Å². The molecule has 2 fully saturated rings. The molecule has 2 atom stereocenters. The Bertz CT molecular complexity index is 973. The Kier molecular flexibility index (Phi) is 8.25. The number of hydrogen-bond acceptors (Lipinski definition) is 2. The third kappa shape index (κ3) is 5.46. The first-order valence-electron chi connectivity index (χ1n) is 13.7. The highest BCUT2D eigenvalue weighted by atomic mass is 16.1. The topological polar surface area (TPSA) is 40.9 Å². The van der Waals surface area contributed by atoms with Crippen molar-refractivity contribution in [2.45, 2.75) is 96.8 Å². The quantitative estimate of drug-likeness (QED) is 0.399. The molecule has 180 valence electrons. The van der Waals surface area contributed by atoms with E-state index in [0.717, 1.165) is 57.8 Å². The van der Waals surface area contributed by atoms with E-state index in [1.807, 2.05) is 0 Å². The summed E-state index contributed by atoms with van der Waals surface area (Å²) in [5.74, 6) is 1.46. The van der Waals surface area contributed by atoms with Crippen LogP contribution in [0.25, 0.3) is 11.1 Å². The second-order valence-corrected chi connectivity index (χ2v) is 10.9. The average molecular weight is 456 g/mol. The van der Waals surface area contributed by atoms with Crippen LogP contribution in [0.15, 0.2) is 48.5 Å². The summed E-state index contributed by atoms with van der Waals surface area (Å²) in [5, 5.41) is 10.2. The highest BCUT2D eigenvalue weighted by Gasteiger charge is 2.45. The van der Waals surface area contributed by atoms with Crippen molar-refractivity contribution in [3.8, 4) is 17.2 Å². The fourth-order valence-electron chi connectivity index (χ4n) is 6.47. The van der Waals surface area contributed by atoms with Gasteiger partial charge in [0.15, 0.2) is 0 Å². The number of benzene rings is 2. The van der Waals surface area contributed by atoms with Crippen molar-refractivity contribution < 1.29 is 4.79 Å². The minimum Gasteiger partial charge on any atom is -0.299 e. The molecule has 2 heteroatoms. The molecule has 0 bridgehead atoms. The summed E-state index contributed by atoms with van der Waals surface area (Å²) in [6, 6.07) is 20.9. The molecule has 34 heavy (non-hydrogen) atoms. The second kappa shape index (κ2) is 11.4. The van der Waals surface area contributed by atoms with Crippen molar-refractivity contribution in [3.63, 3.8) is 0 Å². The fourth-order valence-corrected chi connectivity index (χ4v) is 6.47. The maximum absolute atomic E-state index is 12.7. The van der Waals surface area contributed by atoms with Crippen LogP contribution in [0, 0.1) is 28.6 Å². The standard InChI is InChI=1S/C32H41NO/c1-3-5-7-24-8-10-25(11-9-24)26-12-14-27(15-13-26)28-18-20-32(23-33,21-19-28)30-17-16-29(6-4-2)31(34)22-30/h8-15,28-30H,3-7,16-22H2,1-2H3/t28?,29-,30?,32?/m1/s1. The van der Waals surface area contributed by atoms with Gasteiger partial charge in [-0.05, 0) is 91.9 Å². The lowest BCUT2D eigenvalue weighted by Crippen LogP contribution is -2.38. The molecule has 1 unspecified atom stereocenters. The van der Waals surface area contributed by atoms with Gasteiger partial charge in [0.05, 0.1) is 11.5 Å². The van der Waals surface area contributed by atoms with Crippen LogP contribution in [0.5, 0.6) is 0 Å². The third-order valence-corrected chi connectivity index (χ3v) is 8.77. The first kappa shape index (κ1) is 24.7. The van der Waals surface area contributed by atoms with Crippen molar-refractivity contribution in [2.75, 3.05) is 0 Å². The Morgan fingerprint density at radius 3 is 2.09 bits per heavy atom. The number of hydrogen-bond donors (Lipinski definition) is 0. The molecule has 2 aromatic rings. The zero-order valence-electron chi connectivity index (χ0n) is 21.2. The van der Waals surface area contributed by atoms with E-state index < -0.39 is 0 Å². The Morgan fingerprint density at radius 2 is 1.53 bits per heavy atom. The number of nitriles is 1. The van der Waals surface area contributed by atoms with Gasteiger partial charge in [-0.2, -0.15) is 5.26 Å². The monoisotopic (exact) mass is 455 g/mol. The first-order valence-corrected chi connectivity index (χ1v) is 13.7. The molecule has 0 aliphatic heterocycles. The first-order chi connectivity index (χ1) is 16.6. The molecular formula is C32H41NO. The molecule has 4 rings (SSSR count). The number of Topliss-reactive ketones (excluding diaryl/α,β-unsaturated/α-hetero) is 1. The molecule has 2 aliphatic carbocycles. The highest BCUT2D eigenvalue weighted by Crippen LogP contribution is 2.51. The molecule has 0 heterocycles. The number of unbranched alkanes of at least 4 members (excludes halogenated alkanes) is 1. The van der Waals surface area contributed by atoms with Crippen LogP contribution in [0.4, 0.5) is 0 Å². The number of ketones is 1. The van der Waals surface area contributed by atoms with E-state index in [4.69, 9.17) is 0 Å². The largest absolute Gasteiger partial charge is 0.299 e. The zero-order valence-corrected chi connectivity index (χ0v) is 21.2. The molecule has 0 amide bonds. The Morgan fingerprint density at radius 1 is 0.882 bits per heavy atom. The van der Waals surface area contributed by atoms with E-state index in [9.17, 15) is 10.1 Å². The van der Waals surface area contributed by atoms with Crippen molar-refractivity contribution in [1.29, 1.82) is 5.26 Å². The molecular weight excluding hydrogens is 414 g/mol. The molecule has 2 saturated carbocycles. The van der Waals surface area contributed by atoms with Gasteiger partial charge in [0.25, 0.3) is 0 Å². The van der Waals surface area contributed by atoms with Crippen molar-refractivity contribution in [2.24, 2.45) is 17.3 Å². The van der Waals surface area contributed by atoms with Crippen LogP contribution in [0.1, 0.15) is 102 Å². The number of aryl methyl sites for hydroxylation is 1. The Labute approximate surface area is 206 Å². The van der Waals surface area contributed by atoms with Crippen LogP contribution in [-0.4, -0.2) is 5.78 Å². The van der Waals surface area contributed by atoms with Gasteiger partial charge in [-0.1, -0.05) is 75.2 Å². The Balaban J connectivity index is 1.36. The summed E-state index contributed by atoms with van der Waals surface area (Å²) in [6.45, 7) is 4.40. The summed E-state index contributed by atoms with van der Waals surface area (Å²) in [7, 11) is 0. The van der Waals surface area contributed by atoms with E-state index in [1.165, 1.54) is 35.1 Å². The minimum absolute atomic E-state index is 0.249. The Hall–Kier alpha value is -2.40. The summed E-state index contributed by atoms with van der Waals surface area (Å²) in [6.07, 6.45) is 12.4. The summed E-state index contributed by atoms with van der Waals surface area (Å²) >= 11 is 0. The van der Waals surface area contributed by atoms with Crippen LogP contribution in [0.3, 0.4) is 0 Å². The van der Waals surface area contributed by atoms with Crippen LogP contribution < -0.4 is 0 Å². The second-order valence-electron chi connectivity index (χ2n) is 10.9. The number of nitrogens with zero attached hydrogens (tertiary/aromatic N) is 1. The van der Waals surface area contributed by atoms with Gasteiger partial charge >= 0.3 is 0 Å². The highest BCUT2D eigenvalue weighted by molar-refractivity contribution is 5.82. The maximum Gasteiger partial charge on any atom is 0.136 e. The lowest BCUT2D eigenvalue weighted by atomic mass is 9.59. The van der Waals surface area contributed by atoms with Gasteiger partial charge in [-0.25, -0.2) is 0 Å². The van der Waals surface area contributed by atoms with E-state index in [-0.39, 0.29) is 17.3 Å². The summed E-state index contributed by atoms with van der Waals surface area (Å²) in [4.78, 5) is 12.7. The molecule has 0 radical (unpaired) electrons. The molecule has 2 aromatic carbocycles. The number of carbonyl (C=O) groups excluding carboxylic acids is 1. The van der Waals surface area contributed by atoms with Crippen LogP contribution >= 0.6 is 0 Å². The van der Waals surface area contributed by atoms with E-state index >= 15 is 0 Å². The van der Waals surface area contributed by atoms with Crippen LogP contribution in [-0.2, 0) is 11.2 Å². The maximum atomic E-state index is 12.7. The molecule has 0 saturated heterocycles. The molecule has 0 spiro atoms. The molecule has 0 aromatic heterocycles. The van der Waals surface area contributed by atoms with Gasteiger partial charge in [0.1, 0.15) is 5.78 Å². The molecule has 2 nitrogen and oxygen atoms in total. The van der Waals surface area contributed by atoms with Crippen molar-refractivity contribution in [3.05, 3.63) is 59.7 Å². The number of rotatable bonds is 8. The smallest absolute Gasteiger partial charge is 0.136 e. The van der Waals surface area contributed by atoms with E-state index in [1.54, 1.807) is 0 Å². The van der Waals surface area contributed by atoms with Crippen molar-refractivity contribution in [1.82, 2.24) is 0 Å². The molecule has 2 aliphatic rings. The van der Waals surface area contributed by atoms with Crippen molar-refractivity contribution >= 4 is 5.78 Å². The third-order valence-electron chi connectivity index (χ3n) is 8.77.